The molecule has 0 saturated carbocycles. The third kappa shape index (κ3) is 6.42. The zero-order valence-electron chi connectivity index (χ0n) is 13.4. The van der Waals surface area contributed by atoms with Gasteiger partial charge >= 0.3 is 0 Å². The summed E-state index contributed by atoms with van der Waals surface area (Å²) in [4.78, 5) is 47.5. The van der Waals surface area contributed by atoms with Crippen LogP contribution in [0.5, 0.6) is 0 Å². The van der Waals surface area contributed by atoms with Gasteiger partial charge in [0.2, 0.25) is 30.8 Å². The first-order chi connectivity index (χ1) is 11.1. The fourth-order valence-corrected chi connectivity index (χ4v) is 2.95. The topological polar surface area (TPSA) is 89.9 Å². The Morgan fingerprint density at radius 1 is 0.625 bits per heavy atom. The maximum atomic E-state index is 11.8. The molecule has 0 amide bonds. The largest absolute Gasteiger partial charge is 0.281 e. The number of hydrogen-bond acceptors (Lipinski definition) is 9. The Morgan fingerprint density at radius 2 is 0.833 bits per heavy atom. The summed E-state index contributed by atoms with van der Waals surface area (Å²) in [7, 11) is 0. The fourth-order valence-electron chi connectivity index (χ4n) is 0.967. The summed E-state index contributed by atoms with van der Waals surface area (Å²) < 4.78 is 0. The van der Waals surface area contributed by atoms with E-state index in [9.17, 15) is 14.4 Å². The van der Waals surface area contributed by atoms with Gasteiger partial charge < -0.3 is 0 Å². The van der Waals surface area contributed by atoms with Gasteiger partial charge in [-0.2, -0.15) is 15.0 Å². The Balaban J connectivity index is 3.17. The van der Waals surface area contributed by atoms with E-state index in [4.69, 9.17) is 0 Å². The number of nitrogens with zero attached hydrogens (tertiary/aromatic N) is 3. The number of thioether (sulfide) groups is 3. The highest BCUT2D eigenvalue weighted by molar-refractivity contribution is 8.15. The van der Waals surface area contributed by atoms with Gasteiger partial charge in [0.25, 0.3) is 0 Å². The lowest BCUT2D eigenvalue weighted by Gasteiger charge is -2.05. The van der Waals surface area contributed by atoms with Crippen LogP contribution in [0, 0.1) is 0 Å². The monoisotopic (exact) mass is 381 g/mol. The lowest BCUT2D eigenvalue weighted by molar-refractivity contribution is -0.108. The summed E-state index contributed by atoms with van der Waals surface area (Å²) >= 11 is 2.27. The average molecular weight is 382 g/mol. The van der Waals surface area contributed by atoms with Crippen molar-refractivity contribution in [3.8, 4) is 0 Å². The highest BCUT2D eigenvalue weighted by atomic mass is 32.2. The Kier molecular flexibility index (Phi) is 7.59. The van der Waals surface area contributed by atoms with Gasteiger partial charge in [-0.1, -0.05) is 19.7 Å². The average Bonchev–Trinajstić information content (AvgIpc) is 2.46. The molecule has 1 heterocycles. The summed E-state index contributed by atoms with van der Waals surface area (Å²) in [5.41, 5.74) is 1.000. The molecule has 0 aliphatic heterocycles. The van der Waals surface area contributed by atoms with E-state index in [0.717, 1.165) is 35.3 Å². The first-order valence-corrected chi connectivity index (χ1v) is 8.94. The van der Waals surface area contributed by atoms with Crippen LogP contribution in [-0.4, -0.2) is 30.3 Å². The van der Waals surface area contributed by atoms with E-state index >= 15 is 0 Å². The maximum Gasteiger partial charge on any atom is 0.222 e. The molecular formula is C15H15N3O3S3. The first kappa shape index (κ1) is 20.3. The smallest absolute Gasteiger partial charge is 0.222 e. The second kappa shape index (κ2) is 8.95. The molecule has 9 heteroatoms. The second-order valence-corrected chi connectivity index (χ2v) is 7.51. The Bertz CT molecular complexity index is 647. The van der Waals surface area contributed by atoms with E-state index in [1.165, 1.54) is 0 Å². The van der Waals surface area contributed by atoms with Crippen LogP contribution in [0.1, 0.15) is 20.8 Å². The van der Waals surface area contributed by atoms with Crippen LogP contribution < -0.4 is 0 Å². The molecule has 0 atom stereocenters. The van der Waals surface area contributed by atoms with E-state index in [0.29, 0.717) is 16.7 Å². The number of carbonyl (C=O) groups is 3. The number of carbonyl (C=O) groups excluding carboxylic acids is 3. The molecule has 0 bridgehead atoms. The third-order valence-electron chi connectivity index (χ3n) is 2.17. The summed E-state index contributed by atoms with van der Waals surface area (Å²) in [5.74, 6) is 0. The molecule has 0 spiro atoms. The molecule has 0 aliphatic carbocycles. The predicted octanol–water partition coefficient (Wildman–Crippen LogP) is 3.46. The van der Waals surface area contributed by atoms with Gasteiger partial charge in [0.15, 0.2) is 0 Å². The van der Waals surface area contributed by atoms with Crippen molar-refractivity contribution in [3.05, 3.63) is 36.5 Å². The summed E-state index contributed by atoms with van der Waals surface area (Å²) in [6.07, 6.45) is 0. The van der Waals surface area contributed by atoms with E-state index in [-0.39, 0.29) is 30.8 Å². The van der Waals surface area contributed by atoms with Crippen LogP contribution >= 0.6 is 35.3 Å². The van der Waals surface area contributed by atoms with Gasteiger partial charge in [-0.15, -0.1) is 0 Å². The molecule has 0 saturated heterocycles. The summed E-state index contributed by atoms with van der Waals surface area (Å²) in [6, 6.07) is 0. The van der Waals surface area contributed by atoms with Crippen molar-refractivity contribution in [1.29, 1.82) is 0 Å². The highest BCUT2D eigenvalue weighted by Crippen LogP contribution is 2.26. The fraction of sp³-hybridized carbons (Fsp3) is 0.200. The normalized spacial score (nSPS) is 10.1. The summed E-state index contributed by atoms with van der Waals surface area (Å²) in [6.45, 7) is 15.4. The summed E-state index contributed by atoms with van der Waals surface area (Å²) in [5, 5.41) is -0.673. The molecule has 24 heavy (non-hydrogen) atoms. The van der Waals surface area contributed by atoms with E-state index in [2.05, 4.69) is 34.7 Å². The standard InChI is InChI=1S/C15H15N3O3S3/c1-7(2)10(19)22-13-16-14(23-11(20)8(3)4)18-15(17-13)24-12(21)9(5)6/h1,3,5H2,2,4,6H3. The van der Waals surface area contributed by atoms with Crippen molar-refractivity contribution < 1.29 is 14.4 Å². The predicted molar refractivity (Wildman–Crippen MR) is 96.9 cm³/mol. The molecule has 1 rings (SSSR count). The van der Waals surface area contributed by atoms with E-state index in [1.54, 1.807) is 20.8 Å². The van der Waals surface area contributed by atoms with Crippen molar-refractivity contribution in [2.45, 2.75) is 36.2 Å². The van der Waals surface area contributed by atoms with Gasteiger partial charge in [0, 0.05) is 0 Å². The van der Waals surface area contributed by atoms with Crippen LogP contribution in [0.25, 0.3) is 0 Å². The number of rotatable bonds is 6. The molecule has 1 aromatic rings. The van der Waals surface area contributed by atoms with Crippen LogP contribution in [0.3, 0.4) is 0 Å². The molecule has 0 radical (unpaired) electrons. The number of aromatic nitrogens is 3. The highest BCUT2D eigenvalue weighted by Gasteiger charge is 2.17. The van der Waals surface area contributed by atoms with Crippen molar-refractivity contribution in [1.82, 2.24) is 15.0 Å². The maximum absolute atomic E-state index is 11.8. The zero-order chi connectivity index (χ0) is 18.4. The minimum atomic E-state index is -0.314. The first-order valence-electron chi connectivity index (χ1n) is 6.49. The molecule has 0 unspecified atom stereocenters. The lowest BCUT2D eigenvalue weighted by Crippen LogP contribution is -2.04. The second-order valence-electron chi connectivity index (χ2n) is 4.69. The molecule has 126 valence electrons. The van der Waals surface area contributed by atoms with Crippen molar-refractivity contribution in [2.75, 3.05) is 0 Å². The van der Waals surface area contributed by atoms with Crippen molar-refractivity contribution in [2.24, 2.45) is 0 Å². The van der Waals surface area contributed by atoms with Crippen molar-refractivity contribution in [3.63, 3.8) is 0 Å². The van der Waals surface area contributed by atoms with Gasteiger partial charge in [-0.3, -0.25) is 14.4 Å². The number of hydrogen-bond donors (Lipinski definition) is 0. The Labute approximate surface area is 152 Å². The molecule has 0 N–H and O–H groups in total. The van der Waals surface area contributed by atoms with E-state index < -0.39 is 0 Å². The molecular weight excluding hydrogens is 366 g/mol. The minimum absolute atomic E-state index is 0.0898. The quantitative estimate of drug-likeness (QED) is 0.542. The SMILES string of the molecule is C=C(C)C(=O)Sc1nc(SC(=O)C(=C)C)nc(SC(=O)C(=C)C)n1. The van der Waals surface area contributed by atoms with Gasteiger partial charge in [0.05, 0.1) is 0 Å². The van der Waals surface area contributed by atoms with E-state index in [1.807, 2.05) is 0 Å². The lowest BCUT2D eigenvalue weighted by atomic mass is 10.4. The molecule has 0 aromatic carbocycles. The van der Waals surface area contributed by atoms with Crippen LogP contribution in [0.15, 0.2) is 51.9 Å². The minimum Gasteiger partial charge on any atom is -0.281 e. The molecule has 6 nitrogen and oxygen atoms in total. The van der Waals surface area contributed by atoms with Crippen LogP contribution in [0.4, 0.5) is 0 Å². The molecule has 0 aliphatic rings. The Hall–Kier alpha value is -1.71. The van der Waals surface area contributed by atoms with Crippen LogP contribution in [0.2, 0.25) is 0 Å². The van der Waals surface area contributed by atoms with Crippen LogP contribution in [-0.2, 0) is 14.4 Å². The molecule has 1 aromatic heterocycles. The zero-order valence-corrected chi connectivity index (χ0v) is 15.9. The third-order valence-corrected chi connectivity index (χ3v) is 4.87. The van der Waals surface area contributed by atoms with Crippen molar-refractivity contribution >= 4 is 50.6 Å². The van der Waals surface area contributed by atoms with Gasteiger partial charge in [-0.05, 0) is 72.8 Å². The van der Waals surface area contributed by atoms with Gasteiger partial charge in [0.1, 0.15) is 0 Å². The van der Waals surface area contributed by atoms with Gasteiger partial charge in [-0.25, -0.2) is 0 Å². The molecule has 0 fully saturated rings. The Morgan fingerprint density at radius 3 is 1.00 bits per heavy atom.